The highest BCUT2D eigenvalue weighted by Crippen LogP contribution is 2.31. The molecule has 0 bridgehead atoms. The topological polar surface area (TPSA) is 100.0 Å². The molecule has 3 aromatic rings. The summed E-state index contributed by atoms with van der Waals surface area (Å²) in [5.74, 6) is 0.119. The molecule has 0 aliphatic rings. The Morgan fingerprint density at radius 3 is 2.57 bits per heavy atom. The van der Waals surface area contributed by atoms with Crippen LogP contribution in [0.4, 0.5) is 11.4 Å². The van der Waals surface area contributed by atoms with Crippen LogP contribution < -0.4 is 10.3 Å². The summed E-state index contributed by atoms with van der Waals surface area (Å²) in [6.07, 6.45) is 0.507. The standard InChI is InChI=1S/C22H19ClN4O3/c1-14-17(13-24)21(28)27(11-10-15-6-4-3-5-7-15)22(29)20(14)26-25-16-8-9-19(30-2)18(23)12-16/h3-9,12,28H,10-11H2,1-2H3. The van der Waals surface area contributed by atoms with Crippen LogP contribution in [-0.4, -0.2) is 16.8 Å². The lowest BCUT2D eigenvalue weighted by molar-refractivity contribution is 0.404. The van der Waals surface area contributed by atoms with Crippen molar-refractivity contribution in [1.82, 2.24) is 4.57 Å². The Bertz CT molecular complexity index is 1200. The monoisotopic (exact) mass is 422 g/mol. The predicted octanol–water partition coefficient (Wildman–Crippen LogP) is 5.05. The first kappa shape index (κ1) is 21.1. The second-order valence-corrected chi connectivity index (χ2v) is 6.90. The number of halogens is 1. The molecule has 0 fully saturated rings. The van der Waals surface area contributed by atoms with Crippen molar-refractivity contribution in [3.05, 3.63) is 80.6 Å². The normalized spacial score (nSPS) is 10.9. The fourth-order valence-electron chi connectivity index (χ4n) is 2.98. The lowest BCUT2D eigenvalue weighted by Gasteiger charge is -2.13. The van der Waals surface area contributed by atoms with Gasteiger partial charge in [-0.1, -0.05) is 41.9 Å². The van der Waals surface area contributed by atoms with Crippen molar-refractivity contribution in [3.63, 3.8) is 0 Å². The van der Waals surface area contributed by atoms with Crippen molar-refractivity contribution in [2.24, 2.45) is 10.2 Å². The molecule has 7 nitrogen and oxygen atoms in total. The van der Waals surface area contributed by atoms with Crippen molar-refractivity contribution in [2.45, 2.75) is 19.9 Å². The van der Waals surface area contributed by atoms with Gasteiger partial charge in [-0.25, -0.2) is 0 Å². The van der Waals surface area contributed by atoms with Crippen molar-refractivity contribution < 1.29 is 9.84 Å². The van der Waals surface area contributed by atoms with E-state index in [1.165, 1.54) is 7.11 Å². The molecule has 0 aliphatic heterocycles. The first-order valence-corrected chi connectivity index (χ1v) is 9.49. The highest BCUT2D eigenvalue weighted by Gasteiger charge is 2.19. The number of azo groups is 1. The number of aromatic nitrogens is 1. The fraction of sp³-hybridized carbons (Fsp3) is 0.182. The van der Waals surface area contributed by atoms with Crippen LogP contribution >= 0.6 is 11.6 Å². The highest BCUT2D eigenvalue weighted by molar-refractivity contribution is 6.32. The number of benzene rings is 2. The summed E-state index contributed by atoms with van der Waals surface area (Å²) in [5, 5.41) is 28.4. The van der Waals surface area contributed by atoms with Crippen LogP contribution in [0.1, 0.15) is 16.7 Å². The molecule has 1 N–H and O–H groups in total. The molecule has 152 valence electrons. The number of nitrogens with zero attached hydrogens (tertiary/aromatic N) is 4. The van der Waals surface area contributed by atoms with Crippen LogP contribution in [0.5, 0.6) is 11.6 Å². The molecule has 0 aliphatic carbocycles. The maximum atomic E-state index is 13.0. The summed E-state index contributed by atoms with van der Waals surface area (Å²) in [6.45, 7) is 1.75. The van der Waals surface area contributed by atoms with Crippen LogP contribution in [-0.2, 0) is 13.0 Å². The van der Waals surface area contributed by atoms with Gasteiger partial charge < -0.3 is 9.84 Å². The largest absolute Gasteiger partial charge is 0.495 e. The van der Waals surface area contributed by atoms with E-state index in [1.54, 1.807) is 25.1 Å². The van der Waals surface area contributed by atoms with Gasteiger partial charge in [-0.3, -0.25) is 9.36 Å². The Morgan fingerprint density at radius 1 is 1.20 bits per heavy atom. The van der Waals surface area contributed by atoms with E-state index in [-0.39, 0.29) is 29.2 Å². The van der Waals surface area contributed by atoms with Crippen molar-refractivity contribution >= 4 is 23.0 Å². The summed E-state index contributed by atoms with van der Waals surface area (Å²) in [4.78, 5) is 13.0. The molecule has 2 aromatic carbocycles. The van der Waals surface area contributed by atoms with Crippen LogP contribution in [0.3, 0.4) is 0 Å². The predicted molar refractivity (Wildman–Crippen MR) is 114 cm³/mol. The highest BCUT2D eigenvalue weighted by atomic mass is 35.5. The first-order chi connectivity index (χ1) is 14.5. The molecular weight excluding hydrogens is 404 g/mol. The molecule has 8 heteroatoms. The summed E-state index contributed by atoms with van der Waals surface area (Å²) >= 11 is 6.10. The molecule has 1 heterocycles. The summed E-state index contributed by atoms with van der Waals surface area (Å²) < 4.78 is 6.25. The molecule has 0 saturated carbocycles. The van der Waals surface area contributed by atoms with Crippen molar-refractivity contribution in [1.29, 1.82) is 5.26 Å². The minimum absolute atomic E-state index is 0.00984. The number of methoxy groups -OCH3 is 1. The summed E-state index contributed by atoms with van der Waals surface area (Å²) in [5.41, 5.74) is 1.14. The molecule has 0 atom stereocenters. The van der Waals surface area contributed by atoms with E-state index in [0.717, 1.165) is 10.1 Å². The first-order valence-electron chi connectivity index (χ1n) is 9.12. The number of ether oxygens (including phenoxy) is 1. The smallest absolute Gasteiger partial charge is 0.281 e. The molecule has 30 heavy (non-hydrogen) atoms. The van der Waals surface area contributed by atoms with E-state index in [1.807, 2.05) is 36.4 Å². The van der Waals surface area contributed by atoms with E-state index >= 15 is 0 Å². The van der Waals surface area contributed by atoms with Crippen LogP contribution in [0, 0.1) is 18.3 Å². The number of pyridine rings is 1. The number of aromatic hydroxyl groups is 1. The van der Waals surface area contributed by atoms with Crippen LogP contribution in [0.15, 0.2) is 63.6 Å². The molecule has 0 unspecified atom stereocenters. The van der Waals surface area contributed by atoms with Gasteiger partial charge >= 0.3 is 0 Å². The van der Waals surface area contributed by atoms with Gasteiger partial charge in [0.2, 0.25) is 5.88 Å². The summed E-state index contributed by atoms with van der Waals surface area (Å²) in [6, 6.07) is 16.3. The Kier molecular flexibility index (Phi) is 6.50. The molecule has 0 spiro atoms. The van der Waals surface area contributed by atoms with Crippen molar-refractivity contribution in [3.8, 4) is 17.7 Å². The van der Waals surface area contributed by atoms with E-state index < -0.39 is 5.56 Å². The van der Waals surface area contributed by atoms with E-state index in [2.05, 4.69) is 10.2 Å². The zero-order chi connectivity index (χ0) is 21.7. The number of aryl methyl sites for hydroxylation is 1. The third-order valence-corrected chi connectivity index (χ3v) is 4.93. The number of hydrogen-bond acceptors (Lipinski definition) is 6. The molecule has 0 radical (unpaired) electrons. The van der Waals surface area contributed by atoms with Gasteiger partial charge in [-0.2, -0.15) is 10.4 Å². The minimum Gasteiger partial charge on any atom is -0.495 e. The van der Waals surface area contributed by atoms with Gasteiger partial charge in [0.25, 0.3) is 5.56 Å². The second kappa shape index (κ2) is 9.25. The average Bonchev–Trinajstić information content (AvgIpc) is 2.74. The number of hydrogen-bond donors (Lipinski definition) is 1. The third kappa shape index (κ3) is 4.34. The second-order valence-electron chi connectivity index (χ2n) is 6.50. The van der Waals surface area contributed by atoms with Gasteiger partial charge in [0.15, 0.2) is 5.69 Å². The molecular formula is C22H19ClN4O3. The van der Waals surface area contributed by atoms with Gasteiger partial charge in [0.1, 0.15) is 17.4 Å². The van der Waals surface area contributed by atoms with Crippen LogP contribution in [0.25, 0.3) is 0 Å². The Morgan fingerprint density at radius 2 is 1.93 bits per heavy atom. The van der Waals surface area contributed by atoms with Crippen LogP contribution in [0.2, 0.25) is 5.02 Å². The Balaban J connectivity index is 2.00. The molecule has 0 saturated heterocycles. The zero-order valence-electron chi connectivity index (χ0n) is 16.5. The Hall–Kier alpha value is -3.63. The molecule has 0 amide bonds. The van der Waals surface area contributed by atoms with Gasteiger partial charge in [-0.05, 0) is 37.1 Å². The van der Waals surface area contributed by atoms with Gasteiger partial charge in [0.05, 0.1) is 17.8 Å². The van der Waals surface area contributed by atoms with Gasteiger partial charge in [-0.15, -0.1) is 5.11 Å². The zero-order valence-corrected chi connectivity index (χ0v) is 17.2. The van der Waals surface area contributed by atoms with Gasteiger partial charge in [0, 0.05) is 12.1 Å². The lowest BCUT2D eigenvalue weighted by Crippen LogP contribution is -2.22. The maximum Gasteiger partial charge on any atom is 0.281 e. The third-order valence-electron chi connectivity index (χ3n) is 4.64. The van der Waals surface area contributed by atoms with E-state index in [0.29, 0.717) is 22.9 Å². The number of rotatable bonds is 6. The minimum atomic E-state index is -0.525. The number of nitriles is 1. The molecule has 3 rings (SSSR count). The SMILES string of the molecule is COc1ccc(N=Nc2c(C)c(C#N)c(O)n(CCc3ccccc3)c2=O)cc1Cl. The lowest BCUT2D eigenvalue weighted by atomic mass is 10.1. The Labute approximate surface area is 178 Å². The molecule has 1 aromatic heterocycles. The average molecular weight is 423 g/mol. The fourth-order valence-corrected chi connectivity index (χ4v) is 3.23. The van der Waals surface area contributed by atoms with E-state index in [4.69, 9.17) is 16.3 Å². The maximum absolute atomic E-state index is 13.0. The van der Waals surface area contributed by atoms with Crippen molar-refractivity contribution in [2.75, 3.05) is 7.11 Å². The quantitative estimate of drug-likeness (QED) is 0.561. The summed E-state index contributed by atoms with van der Waals surface area (Å²) in [7, 11) is 1.50. The van der Waals surface area contributed by atoms with E-state index in [9.17, 15) is 15.2 Å².